The summed E-state index contributed by atoms with van der Waals surface area (Å²) in [7, 11) is 0.120. The Morgan fingerprint density at radius 3 is 0.667 bits per heavy atom. The molecule has 0 fully saturated rings. The van der Waals surface area contributed by atoms with Crippen LogP contribution in [0.4, 0.5) is 105 Å². The molecular formula is C63H60BF24N3PPd+. The molecular weight excluding hydrogens is 1400 g/mol. The Kier molecular flexibility index (Phi) is 24.8. The van der Waals surface area contributed by atoms with Gasteiger partial charge in [0.15, 0.2) is 0 Å². The number of hydrogen-bond acceptors (Lipinski definition) is 2. The molecule has 0 spiro atoms. The Labute approximate surface area is 535 Å². The van der Waals surface area contributed by atoms with Crippen molar-refractivity contribution in [1.82, 2.24) is 4.98 Å². The standard InChI is InChI=1S/C32H12BF24.C28H38N3.C3H9P.Pd/c34-25(35,36)13-1-14(26(37,38)39)6-21(5-13)33(22-7-15(27(40,41)42)2-16(8-22)28(43,44)45,23-9-17(29(46,47)48)3-18(10-23)30(49,50)51)24-11-19(31(52,53)54)4-20(12-24)32(55,56)57;1-9-19-17(7)29-25(21(19)11-3)15-27-23(13-5)24(14-6)28(31-27)16-26-22(12-4)20(10-2)18(8)30-26;1-4(2)3;/h1-12H;15-16H,9-14H2,1-8H3;1-3H3;/q2*-1;;+2/p+1/b;25-15-,26-16-;;. The fourth-order valence-electron chi connectivity index (χ4n) is 11.3. The maximum Gasteiger partial charge on any atom is 2.00 e. The summed E-state index contributed by atoms with van der Waals surface area (Å²) in [5.41, 5.74) is -15.3. The van der Waals surface area contributed by atoms with Crippen molar-refractivity contribution in [3.8, 4) is 0 Å². The summed E-state index contributed by atoms with van der Waals surface area (Å²) in [6.07, 6.45) is -44.3. The summed E-state index contributed by atoms with van der Waals surface area (Å²) in [6, 6.07) is -8.81. The molecule has 0 aliphatic carbocycles. The first-order chi connectivity index (χ1) is 41.9. The van der Waals surface area contributed by atoms with Gasteiger partial charge in [0.1, 0.15) is 6.15 Å². The van der Waals surface area contributed by atoms with E-state index in [1.54, 1.807) is 0 Å². The maximum atomic E-state index is 14.2. The summed E-state index contributed by atoms with van der Waals surface area (Å²) in [6.45, 7) is 24.4. The molecule has 0 saturated carbocycles. The van der Waals surface area contributed by atoms with Crippen molar-refractivity contribution < 1.29 is 126 Å². The number of alkyl halides is 24. The molecule has 0 unspecified atom stereocenters. The van der Waals surface area contributed by atoms with Gasteiger partial charge in [-0.3, -0.25) is 9.98 Å². The van der Waals surface area contributed by atoms with E-state index in [4.69, 9.17) is 15.0 Å². The van der Waals surface area contributed by atoms with Crippen LogP contribution < -0.4 is 26.8 Å². The van der Waals surface area contributed by atoms with Crippen molar-refractivity contribution >= 4 is 59.5 Å². The molecule has 3 nitrogen and oxygen atoms in total. The fourth-order valence-corrected chi connectivity index (χ4v) is 11.3. The first-order valence-electron chi connectivity index (χ1n) is 28.2. The number of benzene rings is 4. The molecule has 0 N–H and O–H groups in total. The molecule has 0 saturated heterocycles. The quantitative estimate of drug-likeness (QED) is 0.0697. The van der Waals surface area contributed by atoms with Gasteiger partial charge in [-0.15, -0.1) is 11.4 Å². The van der Waals surface area contributed by atoms with Crippen LogP contribution in [0.3, 0.4) is 0 Å². The van der Waals surface area contributed by atoms with Crippen molar-refractivity contribution in [1.29, 1.82) is 0 Å². The normalized spacial score (nSPS) is 15.6. The van der Waals surface area contributed by atoms with E-state index in [1.807, 2.05) is 0 Å². The van der Waals surface area contributed by atoms with E-state index in [-0.39, 0.29) is 28.3 Å². The molecule has 0 amide bonds. The predicted molar refractivity (Wildman–Crippen MR) is 312 cm³/mol. The van der Waals surface area contributed by atoms with Gasteiger partial charge in [0.05, 0.1) is 55.9 Å². The van der Waals surface area contributed by atoms with Gasteiger partial charge in [0.25, 0.3) is 0 Å². The summed E-state index contributed by atoms with van der Waals surface area (Å²) in [5, 5.41) is 0. The van der Waals surface area contributed by atoms with E-state index in [1.165, 1.54) is 33.4 Å². The molecule has 5 aromatic rings. The zero-order valence-corrected chi connectivity index (χ0v) is 53.7. The minimum atomic E-state index is -6.13. The number of hydrogen-bond donors (Lipinski definition) is 0. The smallest absolute Gasteiger partial charge is 0.657 e. The van der Waals surface area contributed by atoms with Crippen molar-refractivity contribution in [3.05, 3.63) is 174 Å². The molecule has 2 aliphatic heterocycles. The van der Waals surface area contributed by atoms with Crippen LogP contribution in [0.2, 0.25) is 0 Å². The first-order valence-corrected chi connectivity index (χ1v) is 31.2. The van der Waals surface area contributed by atoms with Gasteiger partial charge < -0.3 is 4.98 Å². The largest absolute Gasteiger partial charge is 2.00 e. The Morgan fingerprint density at radius 1 is 0.333 bits per heavy atom. The summed E-state index contributed by atoms with van der Waals surface area (Å²) < 4.78 is 341. The number of nitrogens with zero attached hydrogens (tertiary/aromatic N) is 3. The topological polar surface area (TPSA) is 38.8 Å². The molecule has 93 heavy (non-hydrogen) atoms. The Balaban J connectivity index is 0.000000429. The third-order valence-corrected chi connectivity index (χ3v) is 15.1. The predicted octanol–water partition coefficient (Wildman–Crippen LogP) is 19.9. The van der Waals surface area contributed by atoms with Gasteiger partial charge >= 0.3 is 69.8 Å². The molecule has 3 heterocycles. The molecule has 0 radical (unpaired) electrons. The van der Waals surface area contributed by atoms with E-state index in [0.717, 1.165) is 72.7 Å². The van der Waals surface area contributed by atoms with E-state index in [0.29, 0.717) is 0 Å². The summed E-state index contributed by atoms with van der Waals surface area (Å²) in [4.78, 5) is 14.9. The molecule has 2 aliphatic rings. The van der Waals surface area contributed by atoms with Crippen LogP contribution in [0.5, 0.6) is 0 Å². The zero-order chi connectivity index (χ0) is 70.2. The number of allylic oxidation sites excluding steroid dienone is 4. The third kappa shape index (κ3) is 18.3. The van der Waals surface area contributed by atoms with Gasteiger partial charge in [0.2, 0.25) is 0 Å². The van der Waals surface area contributed by atoms with E-state index >= 15 is 0 Å². The minimum Gasteiger partial charge on any atom is -0.657 e. The minimum absolute atomic E-state index is 0. The van der Waals surface area contributed by atoms with E-state index in [2.05, 4.69) is 87.5 Å². The molecule has 1 aromatic heterocycles. The van der Waals surface area contributed by atoms with Crippen molar-refractivity contribution in [2.24, 2.45) is 9.98 Å². The SMILES string of the molecule is CCC1=C(CC)/C(=C/c2[n-]c(/C=C3\N=C(C)C(CC)=C3CC)c(CC)c2CC)N=C1C.C[PH+](C)C.FC(F)(F)c1cc([B-](c2cc(C(F)(F)F)cc(C(F)(F)F)c2)(c2cc(C(F)(F)F)cc(C(F)(F)F)c2)c2cc(C(F)(F)F)cc(C(F)(F)F)c2)cc(C(F)(F)F)c1.[Pd+2]. The van der Waals surface area contributed by atoms with Gasteiger partial charge in [0, 0.05) is 31.4 Å². The Hall–Kier alpha value is -6.06. The van der Waals surface area contributed by atoms with Crippen LogP contribution >= 0.6 is 7.92 Å². The van der Waals surface area contributed by atoms with Crippen LogP contribution in [0, 0.1) is 0 Å². The average Bonchev–Trinajstić information content (AvgIpc) is 1.45. The maximum absolute atomic E-state index is 14.2. The van der Waals surface area contributed by atoms with E-state index in [9.17, 15) is 105 Å². The van der Waals surface area contributed by atoms with Gasteiger partial charge in [-0.2, -0.15) is 127 Å². The number of aromatic nitrogens is 1. The monoisotopic (exact) mass is 1460 g/mol. The fraction of sp³-hybridized carbons (Fsp3) is 0.397. The third-order valence-electron chi connectivity index (χ3n) is 15.1. The van der Waals surface area contributed by atoms with Crippen LogP contribution in [0.1, 0.15) is 148 Å². The first kappa shape index (κ1) is 79.4. The molecule has 4 aromatic carbocycles. The molecule has 0 atom stereocenters. The van der Waals surface area contributed by atoms with Crippen LogP contribution in [-0.2, 0) is 82.7 Å². The Bertz CT molecular complexity index is 3200. The zero-order valence-electron chi connectivity index (χ0n) is 51.1. The van der Waals surface area contributed by atoms with E-state index < -0.39 is 195 Å². The van der Waals surface area contributed by atoms with Crippen molar-refractivity contribution in [2.45, 2.75) is 143 Å². The second-order valence-corrected chi connectivity index (χ2v) is 25.1. The second kappa shape index (κ2) is 29.1. The summed E-state index contributed by atoms with van der Waals surface area (Å²) in [5.74, 6) is 0. The van der Waals surface area contributed by atoms with Crippen molar-refractivity contribution in [2.75, 3.05) is 20.0 Å². The van der Waals surface area contributed by atoms with Gasteiger partial charge in [-0.25, -0.2) is 0 Å². The second-order valence-electron chi connectivity index (χ2n) is 22.1. The number of rotatable bonds is 12. The van der Waals surface area contributed by atoms with Crippen LogP contribution in [-0.4, -0.2) is 37.6 Å². The summed E-state index contributed by atoms with van der Waals surface area (Å²) >= 11 is 0. The molecule has 512 valence electrons. The van der Waals surface area contributed by atoms with Crippen molar-refractivity contribution in [3.63, 3.8) is 0 Å². The molecule has 7 rings (SSSR count). The molecule has 30 heteroatoms. The number of halogens is 24. The molecule has 0 bridgehead atoms. The van der Waals surface area contributed by atoms with Gasteiger partial charge in [-0.1, -0.05) is 113 Å². The van der Waals surface area contributed by atoms with Gasteiger partial charge in [-0.05, 0) is 107 Å². The number of aliphatic imine (C=N–C) groups is 2. The Morgan fingerprint density at radius 2 is 0.516 bits per heavy atom. The van der Waals surface area contributed by atoms with Crippen LogP contribution in [0.15, 0.2) is 116 Å². The average molecular weight is 1460 g/mol. The van der Waals surface area contributed by atoms with Crippen LogP contribution in [0.25, 0.3) is 12.2 Å².